The minimum absolute atomic E-state index is 0.121. The lowest BCUT2D eigenvalue weighted by molar-refractivity contribution is 0.103. The Hall–Kier alpha value is -2.27. The Balaban J connectivity index is 1.64. The summed E-state index contributed by atoms with van der Waals surface area (Å²) in [6.45, 7) is 9.39. The van der Waals surface area contributed by atoms with E-state index < -0.39 is 0 Å². The monoisotopic (exact) mass is 395 g/mol. The summed E-state index contributed by atoms with van der Waals surface area (Å²) in [5, 5.41) is 4.39. The highest BCUT2D eigenvalue weighted by molar-refractivity contribution is 7.99. The highest BCUT2D eigenvalue weighted by Crippen LogP contribution is 2.29. The number of benzene rings is 2. The Bertz CT molecular complexity index is 891. The van der Waals surface area contributed by atoms with Gasteiger partial charge in [-0.05, 0) is 63.1 Å². The van der Waals surface area contributed by atoms with Crippen LogP contribution in [0.1, 0.15) is 35.6 Å². The van der Waals surface area contributed by atoms with Crippen molar-refractivity contribution in [3.8, 4) is 0 Å². The first kappa shape index (κ1) is 20.5. The van der Waals surface area contributed by atoms with Crippen LogP contribution < -0.4 is 0 Å². The van der Waals surface area contributed by atoms with Crippen molar-refractivity contribution in [3.63, 3.8) is 0 Å². The molecule has 0 aromatic heterocycles. The van der Waals surface area contributed by atoms with Crippen molar-refractivity contribution >= 4 is 29.5 Å². The average Bonchev–Trinajstić information content (AvgIpc) is 3.15. The molecule has 0 bridgehead atoms. The lowest BCUT2D eigenvalue weighted by atomic mass is 9.97. The van der Waals surface area contributed by atoms with E-state index in [1.54, 1.807) is 0 Å². The Morgan fingerprint density at radius 3 is 2.79 bits per heavy atom. The van der Waals surface area contributed by atoms with Crippen molar-refractivity contribution in [2.75, 3.05) is 19.3 Å². The van der Waals surface area contributed by atoms with Gasteiger partial charge in [0.25, 0.3) is 0 Å². The van der Waals surface area contributed by atoms with E-state index in [1.165, 1.54) is 21.6 Å². The van der Waals surface area contributed by atoms with E-state index in [-0.39, 0.29) is 6.10 Å². The van der Waals surface area contributed by atoms with Gasteiger partial charge in [0.05, 0.1) is 17.7 Å². The molecule has 1 aliphatic rings. The topological polar surface area (TPSA) is 37.2 Å². The third-order valence-electron chi connectivity index (χ3n) is 4.90. The predicted octanol–water partition coefficient (Wildman–Crippen LogP) is 5.51. The summed E-state index contributed by atoms with van der Waals surface area (Å²) in [5.41, 5.74) is 6.84. The number of oxime groups is 1. The average molecular weight is 396 g/mol. The standard InChI is InChI=1S/C23H29N3OS/c1-6-26(5)15-24-22-12-17(3)21(11-18(22)4)23-13-19(27-25-23)14-28-20-9-7-8-16(2)10-20/h7-12,15,19H,6,13-14H2,1-5H3/b24-15-. The Labute approximate surface area is 172 Å². The van der Waals surface area contributed by atoms with E-state index in [4.69, 9.17) is 4.84 Å². The molecular weight excluding hydrogens is 366 g/mol. The fourth-order valence-electron chi connectivity index (χ4n) is 3.06. The smallest absolute Gasteiger partial charge is 0.142 e. The molecular formula is C23H29N3OS. The summed E-state index contributed by atoms with van der Waals surface area (Å²) in [5.74, 6) is 0.903. The number of hydrogen-bond donors (Lipinski definition) is 0. The van der Waals surface area contributed by atoms with Crippen LogP contribution in [0, 0.1) is 20.8 Å². The second-order valence-corrected chi connectivity index (χ2v) is 8.46. The molecule has 0 N–H and O–H groups in total. The maximum Gasteiger partial charge on any atom is 0.142 e. The van der Waals surface area contributed by atoms with Gasteiger partial charge in [0.15, 0.2) is 0 Å². The minimum Gasteiger partial charge on any atom is -0.391 e. The van der Waals surface area contributed by atoms with Gasteiger partial charge in [-0.3, -0.25) is 0 Å². The zero-order chi connectivity index (χ0) is 20.1. The van der Waals surface area contributed by atoms with Gasteiger partial charge in [-0.2, -0.15) is 0 Å². The third kappa shape index (κ3) is 5.16. The molecule has 2 aromatic rings. The van der Waals surface area contributed by atoms with E-state index in [0.29, 0.717) is 0 Å². The van der Waals surface area contributed by atoms with E-state index in [9.17, 15) is 0 Å². The van der Waals surface area contributed by atoms with Crippen LogP contribution in [0.25, 0.3) is 0 Å². The van der Waals surface area contributed by atoms with Crippen LogP contribution in [0.5, 0.6) is 0 Å². The number of nitrogens with zero attached hydrogens (tertiary/aromatic N) is 3. The van der Waals surface area contributed by atoms with Crippen LogP contribution >= 0.6 is 11.8 Å². The number of rotatable bonds is 7. The molecule has 0 fully saturated rings. The van der Waals surface area contributed by atoms with E-state index in [1.807, 2.05) is 25.1 Å². The lowest BCUT2D eigenvalue weighted by Crippen LogP contribution is -2.14. The van der Waals surface area contributed by atoms with Crippen molar-refractivity contribution in [2.24, 2.45) is 10.1 Å². The van der Waals surface area contributed by atoms with Gasteiger partial charge >= 0.3 is 0 Å². The number of hydrogen-bond acceptors (Lipinski definition) is 4. The molecule has 0 spiro atoms. The highest BCUT2D eigenvalue weighted by Gasteiger charge is 2.24. The minimum atomic E-state index is 0.121. The molecule has 28 heavy (non-hydrogen) atoms. The number of aryl methyl sites for hydroxylation is 3. The summed E-state index contributed by atoms with van der Waals surface area (Å²) in [7, 11) is 2.03. The van der Waals surface area contributed by atoms with Gasteiger partial charge in [-0.1, -0.05) is 22.9 Å². The maximum absolute atomic E-state index is 5.72. The van der Waals surface area contributed by atoms with Gasteiger partial charge < -0.3 is 9.74 Å². The Kier molecular flexibility index (Phi) is 6.79. The van der Waals surface area contributed by atoms with E-state index in [0.717, 1.165) is 35.7 Å². The molecule has 5 heteroatoms. The maximum atomic E-state index is 5.72. The van der Waals surface area contributed by atoms with Crippen molar-refractivity contribution in [1.82, 2.24) is 4.90 Å². The second-order valence-electron chi connectivity index (χ2n) is 7.37. The van der Waals surface area contributed by atoms with Crippen molar-refractivity contribution in [3.05, 3.63) is 58.7 Å². The Morgan fingerprint density at radius 1 is 1.21 bits per heavy atom. The zero-order valence-corrected chi connectivity index (χ0v) is 18.2. The molecule has 4 nitrogen and oxygen atoms in total. The van der Waals surface area contributed by atoms with Gasteiger partial charge in [-0.25, -0.2) is 4.99 Å². The van der Waals surface area contributed by atoms with Gasteiger partial charge in [0.1, 0.15) is 6.10 Å². The molecule has 1 heterocycles. The van der Waals surface area contributed by atoms with E-state index in [2.05, 4.69) is 79.1 Å². The van der Waals surface area contributed by atoms with Crippen LogP contribution in [0.15, 0.2) is 51.4 Å². The third-order valence-corrected chi connectivity index (χ3v) is 6.03. The molecule has 0 saturated carbocycles. The van der Waals surface area contributed by atoms with Crippen LogP contribution in [0.4, 0.5) is 5.69 Å². The van der Waals surface area contributed by atoms with E-state index >= 15 is 0 Å². The van der Waals surface area contributed by atoms with Crippen LogP contribution in [-0.2, 0) is 4.84 Å². The largest absolute Gasteiger partial charge is 0.391 e. The zero-order valence-electron chi connectivity index (χ0n) is 17.4. The first-order valence-corrected chi connectivity index (χ1v) is 10.7. The van der Waals surface area contributed by atoms with Crippen LogP contribution in [0.2, 0.25) is 0 Å². The molecule has 0 aliphatic carbocycles. The number of aliphatic imine (C=N–C) groups is 1. The summed E-state index contributed by atoms with van der Waals surface area (Å²) < 4.78 is 0. The molecule has 0 saturated heterocycles. The molecule has 2 aromatic carbocycles. The molecule has 3 rings (SSSR count). The quantitative estimate of drug-likeness (QED) is 0.352. The van der Waals surface area contributed by atoms with Gasteiger partial charge in [-0.15, -0.1) is 11.8 Å². The second kappa shape index (κ2) is 9.28. The molecule has 148 valence electrons. The van der Waals surface area contributed by atoms with Crippen LogP contribution in [0.3, 0.4) is 0 Å². The summed E-state index contributed by atoms with van der Waals surface area (Å²) in [4.78, 5) is 13.7. The van der Waals surface area contributed by atoms with Gasteiger partial charge in [0.2, 0.25) is 0 Å². The lowest BCUT2D eigenvalue weighted by Gasteiger charge is -2.12. The first-order valence-electron chi connectivity index (χ1n) is 9.74. The molecule has 0 amide bonds. The normalized spacial score (nSPS) is 16.3. The molecule has 1 aliphatic heterocycles. The summed E-state index contributed by atoms with van der Waals surface area (Å²) in [6, 6.07) is 12.9. The SMILES string of the molecule is CCN(C)/C=N\c1cc(C)c(C2=NOC(CSc3cccc(C)c3)C2)cc1C. The fourth-order valence-corrected chi connectivity index (χ4v) is 4.07. The Morgan fingerprint density at radius 2 is 2.04 bits per heavy atom. The molecule has 0 radical (unpaired) electrons. The van der Waals surface area contributed by atoms with Crippen molar-refractivity contribution < 1.29 is 4.84 Å². The van der Waals surface area contributed by atoms with Gasteiger partial charge in [0, 0.05) is 36.2 Å². The number of thioether (sulfide) groups is 1. The van der Waals surface area contributed by atoms with Crippen molar-refractivity contribution in [1.29, 1.82) is 0 Å². The summed E-state index contributed by atoms with van der Waals surface area (Å²) in [6.07, 6.45) is 2.85. The highest BCUT2D eigenvalue weighted by atomic mass is 32.2. The molecule has 1 atom stereocenters. The fraction of sp³-hybridized carbons (Fsp3) is 0.391. The predicted molar refractivity (Wildman–Crippen MR) is 120 cm³/mol. The molecule has 1 unspecified atom stereocenters. The first-order chi connectivity index (χ1) is 13.5. The van der Waals surface area contributed by atoms with Crippen molar-refractivity contribution in [2.45, 2.75) is 45.1 Å². The summed E-state index contributed by atoms with van der Waals surface area (Å²) >= 11 is 1.83. The van der Waals surface area contributed by atoms with Crippen LogP contribution in [-0.4, -0.2) is 42.4 Å².